The molecule has 0 aliphatic rings. The highest BCUT2D eigenvalue weighted by Crippen LogP contribution is 2.18. The molecule has 0 spiro atoms. The summed E-state index contributed by atoms with van der Waals surface area (Å²) in [4.78, 5) is 14.6. The Kier molecular flexibility index (Phi) is 26.7. The fourth-order valence-electron chi connectivity index (χ4n) is 5.14. The van der Waals surface area contributed by atoms with E-state index in [1.54, 1.807) is 0 Å². The first-order valence-corrected chi connectivity index (χ1v) is 17.7. The van der Waals surface area contributed by atoms with Gasteiger partial charge in [0.25, 0.3) is 0 Å². The maximum Gasteiger partial charge on any atom is 0.306 e. The van der Waals surface area contributed by atoms with Crippen LogP contribution in [0.4, 0.5) is 0 Å². The third-order valence-corrected chi connectivity index (χ3v) is 7.64. The summed E-state index contributed by atoms with van der Waals surface area (Å²) in [6.45, 7) is 8.01. The van der Waals surface area contributed by atoms with Crippen molar-refractivity contribution in [2.75, 3.05) is 33.9 Å². The fraction of sp³-hybridized carbons (Fsp3) is 0.667. The van der Waals surface area contributed by atoms with Crippen molar-refractivity contribution < 1.29 is 19.0 Å². The Morgan fingerprint density at radius 2 is 1.00 bits per heavy atom. The number of carbonyl (C=O) groups is 1. The summed E-state index contributed by atoms with van der Waals surface area (Å²) in [5.74, 6) is -0.0205. The van der Waals surface area contributed by atoms with Crippen molar-refractivity contribution in [3.8, 4) is 0 Å². The number of hydrogen-bond acceptors (Lipinski definition) is 5. The zero-order valence-corrected chi connectivity index (χ0v) is 28.8. The molecule has 0 saturated carbocycles. The zero-order valence-electron chi connectivity index (χ0n) is 28.8. The number of nitrogens with zero attached hydrogens (tertiary/aromatic N) is 1. The van der Waals surface area contributed by atoms with Gasteiger partial charge in [0.15, 0.2) is 0 Å². The summed E-state index contributed by atoms with van der Waals surface area (Å²) in [6, 6.07) is 20.8. The van der Waals surface area contributed by atoms with Crippen molar-refractivity contribution in [1.82, 2.24) is 4.90 Å². The fourth-order valence-corrected chi connectivity index (χ4v) is 5.14. The molecule has 44 heavy (non-hydrogen) atoms. The second kappa shape index (κ2) is 29.5. The number of carbonyl (C=O) groups excluding carboxylic acids is 1. The molecule has 250 valence electrons. The second-order valence-electron chi connectivity index (χ2n) is 11.9. The van der Waals surface area contributed by atoms with E-state index in [1.165, 1.54) is 62.5 Å². The van der Waals surface area contributed by atoms with E-state index in [9.17, 15) is 4.79 Å². The summed E-state index contributed by atoms with van der Waals surface area (Å²) in [5, 5.41) is 0. The molecular formula is C39H65NO4. The monoisotopic (exact) mass is 611 g/mol. The molecule has 2 aromatic rings. The highest BCUT2D eigenvalue weighted by atomic mass is 16.5. The van der Waals surface area contributed by atoms with Gasteiger partial charge >= 0.3 is 5.97 Å². The molecule has 5 nitrogen and oxygen atoms in total. The molecule has 0 aliphatic heterocycles. The average Bonchev–Trinajstić information content (AvgIpc) is 3.04. The SMILES string of the molecule is CC.CN(C)CCCC(=O)OC(CCCCCCCCOCc1ccccc1)CCCCCCCCOCc1ccccc1. The van der Waals surface area contributed by atoms with Crippen LogP contribution in [0.3, 0.4) is 0 Å². The van der Waals surface area contributed by atoms with Crippen LogP contribution in [0.25, 0.3) is 0 Å². The largest absolute Gasteiger partial charge is 0.462 e. The molecule has 5 heteroatoms. The molecular weight excluding hydrogens is 546 g/mol. The molecule has 0 atom stereocenters. The van der Waals surface area contributed by atoms with Gasteiger partial charge in [-0.1, -0.05) is 126 Å². The quantitative estimate of drug-likeness (QED) is 0.0743. The Morgan fingerprint density at radius 1 is 0.591 bits per heavy atom. The minimum atomic E-state index is -0.0205. The van der Waals surface area contributed by atoms with Crippen LogP contribution in [0, 0.1) is 0 Å². The normalized spacial score (nSPS) is 11.0. The van der Waals surface area contributed by atoms with E-state index in [-0.39, 0.29) is 12.1 Å². The molecule has 0 saturated heterocycles. The van der Waals surface area contributed by atoms with Crippen LogP contribution in [-0.2, 0) is 32.2 Å². The summed E-state index contributed by atoms with van der Waals surface area (Å²) in [6.07, 6.45) is 17.9. The Morgan fingerprint density at radius 3 is 1.43 bits per heavy atom. The minimum absolute atomic E-state index is 0.0205. The number of benzene rings is 2. The van der Waals surface area contributed by atoms with E-state index in [1.807, 2.05) is 40.1 Å². The highest BCUT2D eigenvalue weighted by molar-refractivity contribution is 5.69. The molecule has 0 bridgehead atoms. The number of rotatable bonds is 27. The Bertz CT molecular complexity index is 815. The summed E-state index contributed by atoms with van der Waals surface area (Å²) >= 11 is 0. The molecule has 0 amide bonds. The molecule has 0 fully saturated rings. The van der Waals surface area contributed by atoms with Crippen LogP contribution in [0.1, 0.15) is 128 Å². The first kappa shape index (κ1) is 39.8. The lowest BCUT2D eigenvalue weighted by molar-refractivity contribution is -0.150. The van der Waals surface area contributed by atoms with Gasteiger partial charge < -0.3 is 19.1 Å². The predicted octanol–water partition coefficient (Wildman–Crippen LogP) is 10.2. The minimum Gasteiger partial charge on any atom is -0.462 e. The number of hydrogen-bond donors (Lipinski definition) is 0. The van der Waals surface area contributed by atoms with Crippen molar-refractivity contribution in [3.63, 3.8) is 0 Å². The Hall–Kier alpha value is -2.21. The molecule has 0 unspecified atom stereocenters. The first-order chi connectivity index (χ1) is 21.6. The lowest BCUT2D eigenvalue weighted by Gasteiger charge is -2.18. The highest BCUT2D eigenvalue weighted by Gasteiger charge is 2.14. The van der Waals surface area contributed by atoms with Crippen molar-refractivity contribution in [2.24, 2.45) is 0 Å². The van der Waals surface area contributed by atoms with Crippen LogP contribution in [0.5, 0.6) is 0 Å². The topological polar surface area (TPSA) is 48.0 Å². The van der Waals surface area contributed by atoms with Crippen LogP contribution < -0.4 is 0 Å². The Labute approximate surface area is 271 Å². The van der Waals surface area contributed by atoms with Gasteiger partial charge in [-0.25, -0.2) is 0 Å². The van der Waals surface area contributed by atoms with Crippen LogP contribution >= 0.6 is 0 Å². The lowest BCUT2D eigenvalue weighted by atomic mass is 10.0. The molecule has 2 aromatic carbocycles. The molecule has 0 N–H and O–H groups in total. The maximum atomic E-state index is 12.5. The average molecular weight is 612 g/mol. The summed E-state index contributed by atoms with van der Waals surface area (Å²) in [7, 11) is 4.09. The van der Waals surface area contributed by atoms with Gasteiger partial charge in [0.1, 0.15) is 6.10 Å². The predicted molar refractivity (Wildman–Crippen MR) is 186 cm³/mol. The van der Waals surface area contributed by atoms with Crippen LogP contribution in [0.2, 0.25) is 0 Å². The summed E-state index contributed by atoms with van der Waals surface area (Å²) < 4.78 is 17.6. The van der Waals surface area contributed by atoms with Crippen molar-refractivity contribution in [1.29, 1.82) is 0 Å². The number of unbranched alkanes of at least 4 members (excludes halogenated alkanes) is 10. The van der Waals surface area contributed by atoms with Gasteiger partial charge in [-0.2, -0.15) is 0 Å². The lowest BCUT2D eigenvalue weighted by Crippen LogP contribution is -2.20. The van der Waals surface area contributed by atoms with E-state index < -0.39 is 0 Å². The van der Waals surface area contributed by atoms with Crippen molar-refractivity contribution >= 4 is 5.97 Å². The van der Waals surface area contributed by atoms with Gasteiger partial charge in [-0.05, 0) is 76.7 Å². The molecule has 0 radical (unpaired) electrons. The number of esters is 1. The smallest absolute Gasteiger partial charge is 0.306 e. The van der Waals surface area contributed by atoms with Gasteiger partial charge in [0, 0.05) is 19.6 Å². The standard InChI is InChI=1S/C37H59NO4.C2H6/c1-38(2)29-21-28-37(39)42-36(26-17-7-3-5-9-19-30-40-32-34-22-13-11-14-23-34)27-18-8-4-6-10-20-31-41-33-35-24-15-12-16-25-35;1-2/h11-16,22-25,36H,3-10,17-21,26-33H2,1-2H3;1-2H3. The maximum absolute atomic E-state index is 12.5. The Balaban J connectivity index is 0.00000474. The van der Waals surface area contributed by atoms with Gasteiger partial charge in [-0.15, -0.1) is 0 Å². The van der Waals surface area contributed by atoms with Gasteiger partial charge in [0.2, 0.25) is 0 Å². The van der Waals surface area contributed by atoms with E-state index >= 15 is 0 Å². The molecule has 0 aliphatic carbocycles. The van der Waals surface area contributed by atoms with E-state index in [0.29, 0.717) is 19.6 Å². The molecule has 2 rings (SSSR count). The van der Waals surface area contributed by atoms with E-state index in [0.717, 1.165) is 64.7 Å². The molecule has 0 heterocycles. The van der Waals surface area contributed by atoms with Gasteiger partial charge in [-0.3, -0.25) is 4.79 Å². The molecule has 0 aromatic heterocycles. The summed E-state index contributed by atoms with van der Waals surface area (Å²) in [5.41, 5.74) is 2.48. The first-order valence-electron chi connectivity index (χ1n) is 17.7. The third-order valence-electron chi connectivity index (χ3n) is 7.64. The van der Waals surface area contributed by atoms with Gasteiger partial charge in [0.05, 0.1) is 13.2 Å². The van der Waals surface area contributed by atoms with E-state index in [4.69, 9.17) is 14.2 Å². The second-order valence-corrected chi connectivity index (χ2v) is 11.9. The van der Waals surface area contributed by atoms with Crippen LogP contribution in [0.15, 0.2) is 60.7 Å². The van der Waals surface area contributed by atoms with Crippen molar-refractivity contribution in [2.45, 2.75) is 136 Å². The van der Waals surface area contributed by atoms with Crippen LogP contribution in [-0.4, -0.2) is 50.8 Å². The zero-order chi connectivity index (χ0) is 31.9. The van der Waals surface area contributed by atoms with E-state index in [2.05, 4.69) is 53.4 Å². The van der Waals surface area contributed by atoms with Crippen molar-refractivity contribution in [3.05, 3.63) is 71.8 Å². The third kappa shape index (κ3) is 24.2. The number of ether oxygens (including phenoxy) is 3.